The summed E-state index contributed by atoms with van der Waals surface area (Å²) in [5.74, 6) is 0. The maximum Gasteiger partial charge on any atom is 0.0593 e. The van der Waals surface area contributed by atoms with Crippen molar-refractivity contribution in [2.75, 3.05) is 0 Å². The first kappa shape index (κ1) is 17.1. The Morgan fingerprint density at radius 2 is 1.90 bits per heavy atom. The number of hydrogen-bond donors (Lipinski definition) is 0. The highest BCUT2D eigenvalue weighted by Crippen LogP contribution is 2.47. The van der Waals surface area contributed by atoms with Crippen LogP contribution >= 0.6 is 34.4 Å². The number of fused-ring (bicyclic) bond motifs is 1. The van der Waals surface area contributed by atoms with Gasteiger partial charge in [-0.05, 0) is 35.1 Å². The number of allylic oxidation sites excluding steroid dienone is 2. The highest BCUT2D eigenvalue weighted by molar-refractivity contribution is 8.03. The second-order valence-corrected chi connectivity index (χ2v) is 10.2. The third-order valence-corrected chi connectivity index (χ3v) is 8.47. The zero-order valence-electron chi connectivity index (χ0n) is 14.2. The molecule has 0 nitrogen and oxygen atoms in total. The van der Waals surface area contributed by atoms with E-state index >= 15 is 0 Å². The van der Waals surface area contributed by atoms with Crippen LogP contribution in [0.2, 0.25) is 0 Å². The Labute approximate surface area is 141 Å². The van der Waals surface area contributed by atoms with Gasteiger partial charge in [0.2, 0.25) is 0 Å². The molecule has 0 amide bonds. The molecule has 0 unspecified atom stereocenters. The zero-order chi connectivity index (χ0) is 15.8. The Morgan fingerprint density at radius 1 is 1.24 bits per heavy atom. The molecule has 0 fully saturated rings. The van der Waals surface area contributed by atoms with E-state index < -0.39 is 0 Å². The minimum absolute atomic E-state index is 0.219. The van der Waals surface area contributed by atoms with E-state index in [1.54, 1.807) is 0 Å². The topological polar surface area (TPSA) is 0 Å². The van der Waals surface area contributed by atoms with E-state index in [2.05, 4.69) is 66.0 Å². The monoisotopic (exact) mass is 338 g/mol. The van der Waals surface area contributed by atoms with Gasteiger partial charge in [-0.2, -0.15) is 0 Å². The van der Waals surface area contributed by atoms with Gasteiger partial charge >= 0.3 is 0 Å². The minimum Gasteiger partial charge on any atom is -0.142 e. The smallest absolute Gasteiger partial charge is 0.0593 e. The average molecular weight is 339 g/mol. The Morgan fingerprint density at radius 3 is 2.43 bits per heavy atom. The molecule has 2 rings (SSSR count). The standard InChI is InChI=1S/C18H26S3/c1-8-14(17(3,4)5)20-13-11-19-12-10-15(21-16(12)13)18(6,7)9-2/h8,10-11H,9H2,1-7H3/b14-8-. The number of hydrogen-bond acceptors (Lipinski definition) is 3. The molecule has 116 valence electrons. The van der Waals surface area contributed by atoms with Crippen LogP contribution in [-0.2, 0) is 5.41 Å². The molecular formula is C18H26S3. The van der Waals surface area contributed by atoms with Gasteiger partial charge in [0.05, 0.1) is 4.70 Å². The molecular weight excluding hydrogens is 312 g/mol. The van der Waals surface area contributed by atoms with Crippen LogP contribution in [0.5, 0.6) is 0 Å². The lowest BCUT2D eigenvalue weighted by Crippen LogP contribution is -2.12. The third kappa shape index (κ3) is 3.57. The van der Waals surface area contributed by atoms with Crippen LogP contribution in [0.1, 0.15) is 59.8 Å². The van der Waals surface area contributed by atoms with Crippen molar-refractivity contribution >= 4 is 43.8 Å². The van der Waals surface area contributed by atoms with Gasteiger partial charge in [0.1, 0.15) is 0 Å². The molecule has 2 heterocycles. The van der Waals surface area contributed by atoms with Gasteiger partial charge in [0, 0.05) is 19.9 Å². The van der Waals surface area contributed by atoms with Crippen molar-refractivity contribution in [3.63, 3.8) is 0 Å². The predicted octanol–water partition coefficient (Wildman–Crippen LogP) is 7.69. The van der Waals surface area contributed by atoms with Gasteiger partial charge in [-0.15, -0.1) is 22.7 Å². The van der Waals surface area contributed by atoms with Gasteiger partial charge in [0.15, 0.2) is 0 Å². The van der Waals surface area contributed by atoms with E-state index in [0.717, 1.165) is 0 Å². The maximum atomic E-state index is 2.41. The summed E-state index contributed by atoms with van der Waals surface area (Å²) in [5, 5.41) is 2.32. The Bertz CT molecular complexity index is 648. The van der Waals surface area contributed by atoms with Gasteiger partial charge in [-0.3, -0.25) is 0 Å². The number of thioether (sulfide) groups is 1. The molecule has 2 aromatic rings. The molecule has 0 bridgehead atoms. The molecule has 3 heteroatoms. The molecule has 0 saturated heterocycles. The summed E-state index contributed by atoms with van der Waals surface area (Å²) in [6.07, 6.45) is 3.45. The summed E-state index contributed by atoms with van der Waals surface area (Å²) in [6.45, 7) is 16.0. The molecule has 0 atom stereocenters. The molecule has 0 aliphatic carbocycles. The number of thiophene rings is 2. The van der Waals surface area contributed by atoms with E-state index in [9.17, 15) is 0 Å². The van der Waals surface area contributed by atoms with Crippen LogP contribution in [0.25, 0.3) is 9.40 Å². The second kappa shape index (κ2) is 6.10. The third-order valence-electron chi connectivity index (χ3n) is 3.99. The molecule has 0 saturated carbocycles. The molecule has 2 aromatic heterocycles. The largest absolute Gasteiger partial charge is 0.142 e. The Hall–Kier alpha value is -0.250. The predicted molar refractivity (Wildman–Crippen MR) is 102 cm³/mol. The SMILES string of the molecule is C/C=C(\Sc1csc2cc(C(C)(C)CC)sc12)C(C)(C)C. The van der Waals surface area contributed by atoms with E-state index in [1.807, 2.05) is 34.4 Å². The number of rotatable bonds is 4. The molecule has 0 spiro atoms. The first-order valence-corrected chi connectivity index (χ1v) is 10.1. The molecule has 21 heavy (non-hydrogen) atoms. The maximum absolute atomic E-state index is 2.41. The molecule has 0 radical (unpaired) electrons. The average Bonchev–Trinajstić information content (AvgIpc) is 2.95. The zero-order valence-corrected chi connectivity index (χ0v) is 16.6. The quantitative estimate of drug-likeness (QED) is 0.515. The lowest BCUT2D eigenvalue weighted by Gasteiger charge is -2.22. The first-order valence-electron chi connectivity index (χ1n) is 7.55. The molecule has 0 aliphatic heterocycles. The van der Waals surface area contributed by atoms with Crippen LogP contribution in [-0.4, -0.2) is 0 Å². The lowest BCUT2D eigenvalue weighted by atomic mass is 9.89. The Balaban J connectivity index is 2.39. The van der Waals surface area contributed by atoms with E-state index in [0.29, 0.717) is 5.41 Å². The molecule has 0 aliphatic rings. The van der Waals surface area contributed by atoms with E-state index in [1.165, 1.54) is 30.5 Å². The Kier molecular flexibility index (Phi) is 4.97. The highest BCUT2D eigenvalue weighted by Gasteiger charge is 2.24. The molecule has 0 N–H and O–H groups in total. The van der Waals surface area contributed by atoms with Crippen LogP contribution in [0.4, 0.5) is 0 Å². The van der Waals surface area contributed by atoms with Crippen molar-refractivity contribution in [2.24, 2.45) is 5.41 Å². The summed E-state index contributed by atoms with van der Waals surface area (Å²) in [5.41, 5.74) is 0.509. The first-order chi connectivity index (χ1) is 9.69. The highest BCUT2D eigenvalue weighted by atomic mass is 32.2. The summed E-state index contributed by atoms with van der Waals surface area (Å²) in [6, 6.07) is 2.41. The van der Waals surface area contributed by atoms with Gasteiger partial charge < -0.3 is 0 Å². The minimum atomic E-state index is 0.219. The van der Waals surface area contributed by atoms with Crippen molar-refractivity contribution in [1.82, 2.24) is 0 Å². The van der Waals surface area contributed by atoms with Gasteiger partial charge in [-0.25, -0.2) is 0 Å². The van der Waals surface area contributed by atoms with Gasteiger partial charge in [-0.1, -0.05) is 59.4 Å². The summed E-state index contributed by atoms with van der Waals surface area (Å²) < 4.78 is 2.92. The van der Waals surface area contributed by atoms with Crippen molar-refractivity contribution in [3.8, 4) is 0 Å². The van der Waals surface area contributed by atoms with Crippen molar-refractivity contribution < 1.29 is 0 Å². The van der Waals surface area contributed by atoms with E-state index in [4.69, 9.17) is 0 Å². The van der Waals surface area contributed by atoms with E-state index in [-0.39, 0.29) is 5.41 Å². The summed E-state index contributed by atoms with van der Waals surface area (Å²) >= 11 is 5.82. The van der Waals surface area contributed by atoms with Crippen molar-refractivity contribution in [3.05, 3.63) is 27.3 Å². The fourth-order valence-corrected chi connectivity index (χ4v) is 5.97. The fourth-order valence-electron chi connectivity index (χ4n) is 2.15. The van der Waals surface area contributed by atoms with Crippen LogP contribution < -0.4 is 0 Å². The van der Waals surface area contributed by atoms with Crippen LogP contribution in [0, 0.1) is 5.41 Å². The summed E-state index contributed by atoms with van der Waals surface area (Å²) in [7, 11) is 0. The van der Waals surface area contributed by atoms with Crippen molar-refractivity contribution in [1.29, 1.82) is 0 Å². The summed E-state index contributed by atoms with van der Waals surface area (Å²) in [4.78, 5) is 4.40. The van der Waals surface area contributed by atoms with Crippen LogP contribution in [0.15, 0.2) is 27.3 Å². The fraction of sp³-hybridized carbons (Fsp3) is 0.556. The van der Waals surface area contributed by atoms with Crippen LogP contribution in [0.3, 0.4) is 0 Å². The molecule has 0 aromatic carbocycles. The van der Waals surface area contributed by atoms with Gasteiger partial charge in [0.25, 0.3) is 0 Å². The second-order valence-electron chi connectivity index (χ2n) is 7.15. The van der Waals surface area contributed by atoms with Crippen molar-refractivity contribution in [2.45, 2.75) is 65.2 Å². The lowest BCUT2D eigenvalue weighted by molar-refractivity contribution is 0.517. The normalized spacial score (nSPS) is 14.1.